The predicted octanol–water partition coefficient (Wildman–Crippen LogP) is 2.24. The summed E-state index contributed by atoms with van der Waals surface area (Å²) < 4.78 is 27.6. The number of rotatable bonds is 5. The van der Waals surface area contributed by atoms with Crippen molar-refractivity contribution in [3.05, 3.63) is 45.9 Å². The van der Waals surface area contributed by atoms with Crippen LogP contribution < -0.4 is 5.46 Å². The minimum atomic E-state index is -0.621. The Morgan fingerprint density at radius 3 is 2.70 bits per heavy atom. The fourth-order valence-electron chi connectivity index (χ4n) is 3.35. The van der Waals surface area contributed by atoms with E-state index in [1.165, 1.54) is 25.5 Å². The number of benzene rings is 1. The summed E-state index contributed by atoms with van der Waals surface area (Å²) in [6, 6.07) is 3.24. The van der Waals surface area contributed by atoms with Gasteiger partial charge in [-0.3, -0.25) is 4.79 Å². The number of likely N-dealkylation sites (tertiary alicyclic amines) is 1. The molecule has 5 nitrogen and oxygen atoms in total. The minimum absolute atomic E-state index is 0.0974. The fourth-order valence-corrected chi connectivity index (χ4v) is 4.35. The summed E-state index contributed by atoms with van der Waals surface area (Å²) in [6.45, 7) is 1.50. The molecule has 139 valence electrons. The van der Waals surface area contributed by atoms with Crippen molar-refractivity contribution in [2.24, 2.45) is 5.16 Å². The van der Waals surface area contributed by atoms with Crippen molar-refractivity contribution in [2.75, 3.05) is 13.1 Å². The van der Waals surface area contributed by atoms with Gasteiger partial charge >= 0.3 is 0 Å². The van der Waals surface area contributed by atoms with Gasteiger partial charge in [0.1, 0.15) is 23.3 Å². The van der Waals surface area contributed by atoms with E-state index in [2.05, 4.69) is 10.1 Å². The van der Waals surface area contributed by atoms with Crippen molar-refractivity contribution in [1.82, 2.24) is 9.88 Å². The second-order valence-electron chi connectivity index (χ2n) is 6.67. The summed E-state index contributed by atoms with van der Waals surface area (Å²) in [5, 5.41) is 7.03. The number of hydrogen-bond acceptors (Lipinski definition) is 5. The van der Waals surface area contributed by atoms with E-state index in [1.807, 2.05) is 5.38 Å². The summed E-state index contributed by atoms with van der Waals surface area (Å²) >= 11 is 1.58. The van der Waals surface area contributed by atoms with Crippen molar-refractivity contribution in [3.63, 3.8) is 0 Å². The van der Waals surface area contributed by atoms with Crippen LogP contribution in [0.25, 0.3) is 0 Å². The van der Waals surface area contributed by atoms with Gasteiger partial charge in [-0.25, -0.2) is 13.8 Å². The van der Waals surface area contributed by atoms with Crippen molar-refractivity contribution in [1.29, 1.82) is 0 Å². The molecule has 2 aliphatic heterocycles. The van der Waals surface area contributed by atoms with Crippen LogP contribution in [0.1, 0.15) is 35.9 Å². The monoisotopic (exact) mass is 388 g/mol. The Kier molecular flexibility index (Phi) is 5.20. The van der Waals surface area contributed by atoms with E-state index in [9.17, 15) is 13.6 Å². The Bertz CT molecular complexity index is 848. The third-order valence-electron chi connectivity index (χ3n) is 4.89. The number of nitrogens with zero attached hydrogens (tertiary/aromatic N) is 3. The van der Waals surface area contributed by atoms with Crippen molar-refractivity contribution < 1.29 is 18.4 Å². The largest absolute Gasteiger partial charge is 0.401 e. The molecule has 1 aromatic carbocycles. The third-order valence-corrected chi connectivity index (χ3v) is 5.90. The molecule has 1 atom stereocenters. The van der Waals surface area contributed by atoms with Crippen molar-refractivity contribution in [2.45, 2.75) is 31.2 Å². The van der Waals surface area contributed by atoms with Gasteiger partial charge in [-0.15, -0.1) is 11.3 Å². The molecule has 2 aromatic rings. The highest BCUT2D eigenvalue weighted by atomic mass is 32.1. The summed E-state index contributed by atoms with van der Waals surface area (Å²) in [4.78, 5) is 22.6. The quantitative estimate of drug-likeness (QED) is 0.583. The molecule has 2 aliphatic rings. The maximum absolute atomic E-state index is 13.8. The van der Waals surface area contributed by atoms with Gasteiger partial charge in [0.25, 0.3) is 0 Å². The summed E-state index contributed by atoms with van der Waals surface area (Å²) in [5.41, 5.74) is 1.33. The Hall–Kier alpha value is -2.29. The molecule has 0 N–H and O–H groups in total. The first-order valence-electron chi connectivity index (χ1n) is 8.80. The van der Waals surface area contributed by atoms with Crippen LogP contribution in [0.15, 0.2) is 28.7 Å². The zero-order chi connectivity index (χ0) is 18.8. The lowest BCUT2D eigenvalue weighted by Gasteiger charge is -2.27. The van der Waals surface area contributed by atoms with E-state index in [1.54, 1.807) is 16.2 Å². The molecular weight excluding hydrogens is 371 g/mol. The molecule has 1 radical (unpaired) electrons. The number of aromatic nitrogens is 1. The number of amides is 1. The maximum Gasteiger partial charge on any atom is 0.218 e. The van der Waals surface area contributed by atoms with E-state index in [0.717, 1.165) is 43.0 Å². The molecule has 0 bridgehead atoms. The van der Waals surface area contributed by atoms with Gasteiger partial charge in [0.15, 0.2) is 0 Å². The number of piperidine rings is 1. The molecule has 9 heteroatoms. The third kappa shape index (κ3) is 3.88. The minimum Gasteiger partial charge on any atom is -0.401 e. The first-order valence-corrected chi connectivity index (χ1v) is 9.68. The van der Waals surface area contributed by atoms with Gasteiger partial charge in [0.05, 0.1) is 10.7 Å². The van der Waals surface area contributed by atoms with Gasteiger partial charge in [0.2, 0.25) is 13.7 Å². The highest BCUT2D eigenvalue weighted by molar-refractivity contribution is 7.10. The topological polar surface area (TPSA) is 54.8 Å². The first-order chi connectivity index (χ1) is 13.1. The van der Waals surface area contributed by atoms with Crippen LogP contribution in [-0.4, -0.2) is 48.4 Å². The zero-order valence-electron chi connectivity index (χ0n) is 14.5. The average molecular weight is 388 g/mol. The van der Waals surface area contributed by atoms with Crippen LogP contribution in [0.3, 0.4) is 0 Å². The second-order valence-corrected chi connectivity index (χ2v) is 7.56. The van der Waals surface area contributed by atoms with Crippen LogP contribution in [0.5, 0.6) is 0 Å². The van der Waals surface area contributed by atoms with Gasteiger partial charge in [0, 0.05) is 30.8 Å². The number of oxime groups is 1. The molecule has 0 aliphatic carbocycles. The second kappa shape index (κ2) is 7.76. The Balaban J connectivity index is 1.38. The SMILES string of the molecule is O=CN1CCC(c2nc(C3=NOC([B]c4c(F)cccc4F)C3)cs2)CC1. The lowest BCUT2D eigenvalue weighted by atomic mass is 9.63. The van der Waals surface area contributed by atoms with Crippen LogP contribution >= 0.6 is 11.3 Å². The highest BCUT2D eigenvalue weighted by Gasteiger charge is 2.29. The molecule has 27 heavy (non-hydrogen) atoms. The molecule has 3 heterocycles. The van der Waals surface area contributed by atoms with Crippen LogP contribution in [0.4, 0.5) is 8.78 Å². The fraction of sp³-hybridized carbons (Fsp3) is 0.389. The van der Waals surface area contributed by atoms with E-state index < -0.39 is 17.6 Å². The molecule has 1 aromatic heterocycles. The molecule has 1 saturated heterocycles. The normalized spacial score (nSPS) is 20.3. The van der Waals surface area contributed by atoms with Gasteiger partial charge in [-0.1, -0.05) is 11.2 Å². The lowest BCUT2D eigenvalue weighted by molar-refractivity contribution is -0.119. The molecule has 0 saturated carbocycles. The predicted molar refractivity (Wildman–Crippen MR) is 99.5 cm³/mol. The standard InChI is InChI=1S/C18H17BF2N3O2S/c20-12-2-1-3-13(21)17(12)19-16-8-14(23-26-16)15-9-27-18(22-15)11-4-6-24(10-25)7-5-11/h1-3,9-11,16H,4-8H2. The number of thiazole rings is 1. The molecule has 0 spiro atoms. The maximum atomic E-state index is 13.8. The molecule has 4 rings (SSSR count). The van der Waals surface area contributed by atoms with E-state index in [4.69, 9.17) is 4.84 Å². The summed E-state index contributed by atoms with van der Waals surface area (Å²) in [6.07, 6.45) is 3.11. The summed E-state index contributed by atoms with van der Waals surface area (Å²) in [7, 11) is 1.42. The van der Waals surface area contributed by atoms with Crippen molar-refractivity contribution >= 4 is 36.2 Å². The average Bonchev–Trinajstić information content (AvgIpc) is 3.34. The van der Waals surface area contributed by atoms with Crippen LogP contribution in [-0.2, 0) is 9.63 Å². The van der Waals surface area contributed by atoms with E-state index >= 15 is 0 Å². The van der Waals surface area contributed by atoms with Crippen LogP contribution in [0.2, 0.25) is 0 Å². The molecular formula is C18H17BF2N3O2S. The number of carbonyl (C=O) groups excluding carboxylic acids is 1. The molecule has 1 amide bonds. The van der Waals surface area contributed by atoms with Gasteiger partial charge < -0.3 is 9.74 Å². The van der Waals surface area contributed by atoms with E-state index in [0.29, 0.717) is 18.1 Å². The Labute approximate surface area is 160 Å². The van der Waals surface area contributed by atoms with Gasteiger partial charge in [-0.2, -0.15) is 0 Å². The van der Waals surface area contributed by atoms with Crippen LogP contribution in [0, 0.1) is 11.6 Å². The Morgan fingerprint density at radius 1 is 1.26 bits per heavy atom. The summed E-state index contributed by atoms with van der Waals surface area (Å²) in [5.74, 6) is -0.896. The van der Waals surface area contributed by atoms with Crippen molar-refractivity contribution in [3.8, 4) is 0 Å². The number of hydrogen-bond donors (Lipinski definition) is 0. The zero-order valence-corrected chi connectivity index (χ0v) is 15.3. The van der Waals surface area contributed by atoms with Gasteiger partial charge in [-0.05, 0) is 30.4 Å². The highest BCUT2D eigenvalue weighted by Crippen LogP contribution is 2.30. The lowest BCUT2D eigenvalue weighted by Crippen LogP contribution is -2.33. The first kappa shape index (κ1) is 18.1. The smallest absolute Gasteiger partial charge is 0.218 e. The molecule has 1 fully saturated rings. The molecule has 1 unspecified atom stereocenters. The Morgan fingerprint density at radius 2 is 2.00 bits per heavy atom. The number of halogens is 2. The van der Waals surface area contributed by atoms with E-state index in [-0.39, 0.29) is 5.46 Å². The number of carbonyl (C=O) groups is 1.